The Morgan fingerprint density at radius 2 is 1.12 bits per heavy atom. The van der Waals surface area contributed by atoms with E-state index < -0.39 is 35.4 Å². The average Bonchev–Trinajstić information content (AvgIpc) is 2.89. The zero-order valence-electron chi connectivity index (χ0n) is 24.9. The van der Waals surface area contributed by atoms with Crippen LogP contribution in [0.3, 0.4) is 0 Å². The minimum Gasteiger partial charge on any atom is -0.476 e. The van der Waals surface area contributed by atoms with Crippen molar-refractivity contribution < 1.29 is 33.3 Å². The molecule has 10 nitrogen and oxygen atoms in total. The zero-order valence-corrected chi connectivity index (χ0v) is 24.9. The second-order valence-electron chi connectivity index (χ2n) is 11.4. The highest BCUT2D eigenvalue weighted by Gasteiger charge is 2.21. The SMILES string of the molecule is CC(C)(C)OC(=O)NCC(CNC(=O)OC(C)(C)C)N=C(CCC(=O)OCc1ccccc1)OCc1ccccc1. The monoisotopic (exact) mass is 569 g/mol. The first-order valence-electron chi connectivity index (χ1n) is 13.7. The van der Waals surface area contributed by atoms with Crippen LogP contribution in [0.2, 0.25) is 0 Å². The van der Waals surface area contributed by atoms with E-state index in [2.05, 4.69) is 15.6 Å². The number of esters is 1. The molecule has 0 aromatic heterocycles. The lowest BCUT2D eigenvalue weighted by Crippen LogP contribution is -2.42. The molecule has 0 saturated heterocycles. The maximum atomic E-state index is 12.5. The first kappa shape index (κ1) is 33.1. The summed E-state index contributed by atoms with van der Waals surface area (Å²) in [5, 5.41) is 5.37. The van der Waals surface area contributed by atoms with Crippen molar-refractivity contribution >= 4 is 24.1 Å². The average molecular weight is 570 g/mol. The normalized spacial score (nSPS) is 11.9. The van der Waals surface area contributed by atoms with E-state index in [0.29, 0.717) is 0 Å². The third-order valence-electron chi connectivity index (χ3n) is 5.12. The number of benzene rings is 2. The van der Waals surface area contributed by atoms with Crippen LogP contribution in [0.1, 0.15) is 65.5 Å². The van der Waals surface area contributed by atoms with Gasteiger partial charge in [0.1, 0.15) is 24.4 Å². The first-order valence-corrected chi connectivity index (χ1v) is 13.7. The molecule has 0 bridgehead atoms. The van der Waals surface area contributed by atoms with Gasteiger partial charge in [-0.1, -0.05) is 60.7 Å². The van der Waals surface area contributed by atoms with Crippen molar-refractivity contribution in [3.63, 3.8) is 0 Å². The van der Waals surface area contributed by atoms with Crippen molar-refractivity contribution in [1.82, 2.24) is 10.6 Å². The van der Waals surface area contributed by atoms with Crippen LogP contribution in [-0.4, -0.2) is 54.4 Å². The Kier molecular flexibility index (Phi) is 13.1. The van der Waals surface area contributed by atoms with Gasteiger partial charge in [0.15, 0.2) is 5.90 Å². The standard InChI is InChI=1S/C31H43N3O7/c1-30(2,3)40-28(36)32-19-25(20-33-29(37)41-31(4,5)6)34-26(38-21-23-13-9-7-10-14-23)17-18-27(35)39-22-24-15-11-8-12-16-24/h7-16,25H,17-22H2,1-6H3,(H,32,36)(H,33,37). The molecular weight excluding hydrogens is 526 g/mol. The molecule has 0 radical (unpaired) electrons. The second kappa shape index (κ2) is 16.2. The predicted molar refractivity (Wildman–Crippen MR) is 156 cm³/mol. The van der Waals surface area contributed by atoms with Crippen LogP contribution in [-0.2, 0) is 37.0 Å². The smallest absolute Gasteiger partial charge is 0.407 e. The Morgan fingerprint density at radius 1 is 0.683 bits per heavy atom. The van der Waals surface area contributed by atoms with Gasteiger partial charge in [0.05, 0.1) is 12.5 Å². The number of hydrogen-bond acceptors (Lipinski definition) is 8. The Bertz CT molecular complexity index is 1090. The molecule has 41 heavy (non-hydrogen) atoms. The lowest BCUT2D eigenvalue weighted by molar-refractivity contribution is -0.144. The topological polar surface area (TPSA) is 125 Å². The highest BCUT2D eigenvalue weighted by atomic mass is 16.6. The Balaban J connectivity index is 2.14. The van der Waals surface area contributed by atoms with Crippen LogP contribution in [0.5, 0.6) is 0 Å². The molecular formula is C31H43N3O7. The molecule has 224 valence electrons. The van der Waals surface area contributed by atoms with Crippen molar-refractivity contribution in [2.75, 3.05) is 13.1 Å². The number of hydrogen-bond donors (Lipinski definition) is 2. The zero-order chi connectivity index (χ0) is 30.3. The van der Waals surface area contributed by atoms with Gasteiger partial charge in [-0.15, -0.1) is 0 Å². The summed E-state index contributed by atoms with van der Waals surface area (Å²) in [4.78, 5) is 41.8. The molecule has 2 N–H and O–H groups in total. The number of rotatable bonds is 12. The molecule has 2 amide bonds. The number of nitrogens with zero attached hydrogens (tertiary/aromatic N) is 1. The van der Waals surface area contributed by atoms with Crippen LogP contribution in [0, 0.1) is 0 Å². The van der Waals surface area contributed by atoms with E-state index in [-0.39, 0.29) is 45.0 Å². The summed E-state index contributed by atoms with van der Waals surface area (Å²) >= 11 is 0. The van der Waals surface area contributed by atoms with Crippen molar-refractivity contribution in [2.24, 2.45) is 4.99 Å². The van der Waals surface area contributed by atoms with E-state index in [1.54, 1.807) is 41.5 Å². The van der Waals surface area contributed by atoms with Gasteiger partial charge in [-0.05, 0) is 52.7 Å². The van der Waals surface area contributed by atoms with E-state index in [1.807, 2.05) is 60.7 Å². The van der Waals surface area contributed by atoms with Gasteiger partial charge in [0.2, 0.25) is 0 Å². The van der Waals surface area contributed by atoms with Crippen molar-refractivity contribution in [3.8, 4) is 0 Å². The molecule has 0 aliphatic heterocycles. The molecule has 10 heteroatoms. The van der Waals surface area contributed by atoms with Gasteiger partial charge in [-0.25, -0.2) is 14.6 Å². The summed E-state index contributed by atoms with van der Waals surface area (Å²) in [5.74, 6) is -0.118. The molecule has 0 saturated carbocycles. The molecule has 0 spiro atoms. The van der Waals surface area contributed by atoms with Gasteiger partial charge >= 0.3 is 18.2 Å². The maximum absolute atomic E-state index is 12.5. The Morgan fingerprint density at radius 3 is 1.56 bits per heavy atom. The summed E-state index contributed by atoms with van der Waals surface area (Å²) < 4.78 is 22.1. The van der Waals surface area contributed by atoms with Crippen molar-refractivity contribution in [3.05, 3.63) is 71.8 Å². The van der Waals surface area contributed by atoms with Crippen LogP contribution >= 0.6 is 0 Å². The fourth-order valence-corrected chi connectivity index (χ4v) is 3.33. The largest absolute Gasteiger partial charge is 0.476 e. The summed E-state index contributed by atoms with van der Waals surface area (Å²) in [5.41, 5.74) is 0.447. The van der Waals surface area contributed by atoms with E-state index in [9.17, 15) is 14.4 Å². The Hall–Kier alpha value is -4.08. The fraction of sp³-hybridized carbons (Fsp3) is 0.484. The maximum Gasteiger partial charge on any atom is 0.407 e. The van der Waals surface area contributed by atoms with Crippen LogP contribution < -0.4 is 10.6 Å². The molecule has 0 aliphatic carbocycles. The molecule has 0 atom stereocenters. The summed E-state index contributed by atoms with van der Waals surface area (Å²) in [6, 6.07) is 18.3. The number of alkyl carbamates (subject to hydrolysis) is 2. The first-order chi connectivity index (χ1) is 19.3. The molecule has 2 aromatic rings. The van der Waals surface area contributed by atoms with E-state index in [0.717, 1.165) is 11.1 Å². The molecule has 2 aromatic carbocycles. The van der Waals surface area contributed by atoms with E-state index in [4.69, 9.17) is 18.9 Å². The quantitative estimate of drug-likeness (QED) is 0.149. The number of nitrogens with one attached hydrogen (secondary N) is 2. The molecule has 0 unspecified atom stereocenters. The predicted octanol–water partition coefficient (Wildman–Crippen LogP) is 5.54. The number of carbonyl (C=O) groups is 3. The van der Waals surface area contributed by atoms with Crippen molar-refractivity contribution in [1.29, 1.82) is 0 Å². The molecule has 0 heterocycles. The van der Waals surface area contributed by atoms with E-state index >= 15 is 0 Å². The summed E-state index contributed by atoms with van der Waals surface area (Å²) in [6.45, 7) is 11.1. The number of carbonyl (C=O) groups excluding carboxylic acids is 3. The number of aliphatic imine (C=N–C) groups is 1. The van der Waals surface area contributed by atoms with Crippen LogP contribution in [0.4, 0.5) is 9.59 Å². The van der Waals surface area contributed by atoms with Gasteiger partial charge in [0.25, 0.3) is 0 Å². The number of ether oxygens (including phenoxy) is 4. The number of amides is 2. The Labute approximate surface area is 242 Å². The highest BCUT2D eigenvalue weighted by molar-refractivity contribution is 5.81. The lowest BCUT2D eigenvalue weighted by Gasteiger charge is -2.23. The molecule has 0 fully saturated rings. The van der Waals surface area contributed by atoms with Gasteiger partial charge < -0.3 is 29.6 Å². The van der Waals surface area contributed by atoms with Crippen LogP contribution in [0.15, 0.2) is 65.7 Å². The summed E-state index contributed by atoms with van der Waals surface area (Å²) in [6.07, 6.45) is -1.04. The minimum absolute atomic E-state index is 0.0339. The third-order valence-corrected chi connectivity index (χ3v) is 5.12. The van der Waals surface area contributed by atoms with Gasteiger partial charge in [-0.2, -0.15) is 0 Å². The molecule has 2 rings (SSSR count). The highest BCUT2D eigenvalue weighted by Crippen LogP contribution is 2.10. The third kappa shape index (κ3) is 15.9. The van der Waals surface area contributed by atoms with Gasteiger partial charge in [-0.3, -0.25) is 4.79 Å². The van der Waals surface area contributed by atoms with E-state index in [1.165, 1.54) is 0 Å². The second-order valence-corrected chi connectivity index (χ2v) is 11.4. The lowest BCUT2D eigenvalue weighted by atomic mass is 10.2. The van der Waals surface area contributed by atoms with Gasteiger partial charge in [0, 0.05) is 19.5 Å². The van der Waals surface area contributed by atoms with Crippen LogP contribution in [0.25, 0.3) is 0 Å². The summed E-state index contributed by atoms with van der Waals surface area (Å²) in [7, 11) is 0. The molecule has 0 aliphatic rings. The minimum atomic E-state index is -0.679. The van der Waals surface area contributed by atoms with Crippen molar-refractivity contribution in [2.45, 2.75) is 84.8 Å². The fourth-order valence-electron chi connectivity index (χ4n) is 3.33.